The van der Waals surface area contributed by atoms with Gasteiger partial charge in [-0.2, -0.15) is 0 Å². The van der Waals surface area contributed by atoms with Crippen LogP contribution in [0.3, 0.4) is 0 Å². The van der Waals surface area contributed by atoms with Gasteiger partial charge in [0.15, 0.2) is 0 Å². The molecule has 0 spiro atoms. The van der Waals surface area contributed by atoms with Crippen molar-refractivity contribution in [2.45, 2.75) is 24.6 Å². The van der Waals surface area contributed by atoms with Crippen molar-refractivity contribution in [2.24, 2.45) is 0 Å². The van der Waals surface area contributed by atoms with Crippen LogP contribution in [0.15, 0.2) is 15.2 Å². The quantitative estimate of drug-likeness (QED) is 0.901. The van der Waals surface area contributed by atoms with Crippen molar-refractivity contribution >= 4 is 37.3 Å². The van der Waals surface area contributed by atoms with Gasteiger partial charge in [0.05, 0.1) is 9.04 Å². The first kappa shape index (κ1) is 14.5. The fourth-order valence-electron chi connectivity index (χ4n) is 2.10. The Labute approximate surface area is 121 Å². The van der Waals surface area contributed by atoms with Crippen LogP contribution >= 0.6 is 27.3 Å². The van der Waals surface area contributed by atoms with Crippen LogP contribution in [0.1, 0.15) is 18.4 Å². The predicted molar refractivity (Wildman–Crippen MR) is 78.3 cm³/mol. The minimum atomic E-state index is -3.19. The molecule has 0 aliphatic carbocycles. The van der Waals surface area contributed by atoms with Crippen molar-refractivity contribution in [3.8, 4) is 0 Å². The average molecular weight is 353 g/mol. The van der Waals surface area contributed by atoms with Crippen LogP contribution in [0, 0.1) is 0 Å². The zero-order chi connectivity index (χ0) is 13.2. The topological polar surface area (TPSA) is 49.4 Å². The van der Waals surface area contributed by atoms with Crippen LogP contribution in [0.25, 0.3) is 0 Å². The minimum Gasteiger partial charge on any atom is -0.315 e. The summed E-state index contributed by atoms with van der Waals surface area (Å²) in [6.07, 6.45) is 1.69. The first-order valence-corrected chi connectivity index (χ1v) is 9.06. The van der Waals surface area contributed by atoms with E-state index in [2.05, 4.69) is 21.2 Å². The van der Waals surface area contributed by atoms with Crippen LogP contribution in [0.5, 0.6) is 0 Å². The van der Waals surface area contributed by atoms with Crippen molar-refractivity contribution in [1.29, 1.82) is 0 Å². The molecule has 4 nitrogen and oxygen atoms in total. The number of nitrogens with one attached hydrogen (secondary N) is 1. The molecule has 2 rings (SSSR count). The van der Waals surface area contributed by atoms with Gasteiger partial charge in [-0.25, -0.2) is 12.7 Å². The molecule has 1 atom stereocenters. The zero-order valence-corrected chi connectivity index (χ0v) is 13.4. The minimum absolute atomic E-state index is 0.279. The summed E-state index contributed by atoms with van der Waals surface area (Å²) >= 11 is 4.97. The Morgan fingerprint density at radius 1 is 1.61 bits per heavy atom. The van der Waals surface area contributed by atoms with E-state index in [-0.39, 0.29) is 5.25 Å². The SMILES string of the molecule is CN(Cc1csc(Br)c1)S(=O)(=O)C1CCCNC1. The van der Waals surface area contributed by atoms with Crippen molar-refractivity contribution in [1.82, 2.24) is 9.62 Å². The Kier molecular flexibility index (Phi) is 4.82. The molecule has 1 aromatic rings. The van der Waals surface area contributed by atoms with Crippen molar-refractivity contribution in [3.05, 3.63) is 20.8 Å². The smallest absolute Gasteiger partial charge is 0.218 e. The second kappa shape index (κ2) is 6.00. The largest absolute Gasteiger partial charge is 0.315 e. The van der Waals surface area contributed by atoms with E-state index in [1.54, 1.807) is 18.4 Å². The highest BCUT2D eigenvalue weighted by Gasteiger charge is 2.30. The summed E-state index contributed by atoms with van der Waals surface area (Å²) in [4.78, 5) is 0. The summed E-state index contributed by atoms with van der Waals surface area (Å²) in [6, 6.07) is 1.97. The summed E-state index contributed by atoms with van der Waals surface area (Å²) in [5.74, 6) is 0. The number of piperidine rings is 1. The zero-order valence-electron chi connectivity index (χ0n) is 10.2. The van der Waals surface area contributed by atoms with E-state index in [9.17, 15) is 8.42 Å². The summed E-state index contributed by atoms with van der Waals surface area (Å²) in [7, 11) is -1.53. The van der Waals surface area contributed by atoms with Gasteiger partial charge in [0, 0.05) is 20.1 Å². The molecule has 1 saturated heterocycles. The molecule has 1 aliphatic rings. The number of rotatable bonds is 4. The van der Waals surface area contributed by atoms with Crippen molar-refractivity contribution in [2.75, 3.05) is 20.1 Å². The molecular weight excluding hydrogens is 336 g/mol. The molecule has 0 bridgehead atoms. The fourth-order valence-corrected chi connectivity index (χ4v) is 4.94. The molecule has 1 fully saturated rings. The number of sulfonamides is 1. The summed E-state index contributed by atoms with van der Waals surface area (Å²) in [5, 5.41) is 4.85. The highest BCUT2D eigenvalue weighted by molar-refractivity contribution is 9.11. The maximum atomic E-state index is 12.4. The van der Waals surface area contributed by atoms with Gasteiger partial charge < -0.3 is 5.32 Å². The van der Waals surface area contributed by atoms with E-state index in [0.29, 0.717) is 13.1 Å². The molecule has 0 saturated carbocycles. The summed E-state index contributed by atoms with van der Waals surface area (Å²) in [6.45, 7) is 1.94. The van der Waals surface area contributed by atoms with Crippen molar-refractivity contribution < 1.29 is 8.42 Å². The van der Waals surface area contributed by atoms with Gasteiger partial charge in [0.25, 0.3) is 0 Å². The Hall–Kier alpha value is 0.0500. The Morgan fingerprint density at radius 2 is 2.39 bits per heavy atom. The molecule has 18 heavy (non-hydrogen) atoms. The van der Waals surface area contributed by atoms with Crippen LogP contribution in [-0.4, -0.2) is 38.1 Å². The Morgan fingerprint density at radius 3 is 2.94 bits per heavy atom. The van der Waals surface area contributed by atoms with E-state index in [4.69, 9.17) is 0 Å². The van der Waals surface area contributed by atoms with Crippen molar-refractivity contribution in [3.63, 3.8) is 0 Å². The third-order valence-electron chi connectivity index (χ3n) is 3.13. The Balaban J connectivity index is 2.04. The normalized spacial score (nSPS) is 21.4. The second-order valence-corrected chi connectivity index (χ2v) is 9.14. The number of thiophene rings is 1. The highest BCUT2D eigenvalue weighted by atomic mass is 79.9. The van der Waals surface area contributed by atoms with E-state index in [1.165, 1.54) is 4.31 Å². The predicted octanol–water partition coefficient (Wildman–Crippen LogP) is 2.02. The summed E-state index contributed by atoms with van der Waals surface area (Å²) in [5.41, 5.74) is 1.03. The van der Waals surface area contributed by atoms with Crippen LogP contribution in [-0.2, 0) is 16.6 Å². The molecule has 0 radical (unpaired) electrons. The van der Waals surface area contributed by atoms with Gasteiger partial charge in [0.2, 0.25) is 10.0 Å². The number of halogens is 1. The van der Waals surface area contributed by atoms with E-state index in [1.807, 2.05) is 11.4 Å². The average Bonchev–Trinajstić information content (AvgIpc) is 2.76. The second-order valence-electron chi connectivity index (χ2n) is 4.53. The first-order chi connectivity index (χ1) is 8.50. The lowest BCUT2D eigenvalue weighted by molar-refractivity contribution is 0.429. The monoisotopic (exact) mass is 352 g/mol. The van der Waals surface area contributed by atoms with Gasteiger partial charge in [-0.3, -0.25) is 0 Å². The lowest BCUT2D eigenvalue weighted by Crippen LogP contribution is -2.44. The van der Waals surface area contributed by atoms with Gasteiger partial charge in [-0.15, -0.1) is 11.3 Å². The summed E-state index contributed by atoms with van der Waals surface area (Å²) < 4.78 is 27.3. The number of nitrogens with zero attached hydrogens (tertiary/aromatic N) is 1. The standard InChI is InChI=1S/C11H17BrN2O2S2/c1-14(7-9-5-11(12)17-8-9)18(15,16)10-3-2-4-13-6-10/h5,8,10,13H,2-4,6-7H2,1H3. The fraction of sp³-hybridized carbons (Fsp3) is 0.636. The Bertz CT molecular complexity index is 495. The van der Waals surface area contributed by atoms with E-state index < -0.39 is 10.0 Å². The van der Waals surface area contributed by atoms with E-state index >= 15 is 0 Å². The molecule has 1 unspecified atom stereocenters. The lowest BCUT2D eigenvalue weighted by Gasteiger charge is -2.27. The molecule has 1 aliphatic heterocycles. The maximum absolute atomic E-state index is 12.4. The van der Waals surface area contributed by atoms with Crippen LogP contribution in [0.2, 0.25) is 0 Å². The maximum Gasteiger partial charge on any atom is 0.218 e. The highest BCUT2D eigenvalue weighted by Crippen LogP contribution is 2.23. The molecule has 1 aromatic heterocycles. The third kappa shape index (κ3) is 3.33. The molecule has 2 heterocycles. The van der Waals surface area contributed by atoms with E-state index in [0.717, 1.165) is 28.7 Å². The molecule has 0 amide bonds. The lowest BCUT2D eigenvalue weighted by atomic mass is 10.2. The van der Waals surface area contributed by atoms with Crippen LogP contribution < -0.4 is 5.32 Å². The van der Waals surface area contributed by atoms with Crippen LogP contribution in [0.4, 0.5) is 0 Å². The first-order valence-electron chi connectivity index (χ1n) is 5.89. The van der Waals surface area contributed by atoms with Gasteiger partial charge in [0.1, 0.15) is 0 Å². The molecule has 1 N–H and O–H groups in total. The number of hydrogen-bond acceptors (Lipinski definition) is 4. The van der Waals surface area contributed by atoms with Gasteiger partial charge >= 0.3 is 0 Å². The molecule has 7 heteroatoms. The molecule has 0 aromatic carbocycles. The van der Waals surface area contributed by atoms with Gasteiger partial charge in [-0.1, -0.05) is 0 Å². The van der Waals surface area contributed by atoms with Gasteiger partial charge in [-0.05, 0) is 52.3 Å². The number of hydrogen-bond donors (Lipinski definition) is 1. The molecule has 102 valence electrons. The molecular formula is C11H17BrN2O2S2. The third-order valence-corrected chi connectivity index (χ3v) is 6.93.